The summed E-state index contributed by atoms with van der Waals surface area (Å²) in [5, 5.41) is 3.74. The molecule has 0 bridgehead atoms. The summed E-state index contributed by atoms with van der Waals surface area (Å²) in [5.74, 6) is 0.335. The first-order valence-corrected chi connectivity index (χ1v) is 11.9. The average Bonchev–Trinajstić information content (AvgIpc) is 2.88. The smallest absolute Gasteiger partial charge is 0.107 e. The maximum atomic E-state index is 5.89. The molecule has 0 heterocycles. The number of anilines is 2. The Hall–Kier alpha value is -3.43. The zero-order chi connectivity index (χ0) is 23.0. The number of hydrogen-bond acceptors (Lipinski definition) is 2. The van der Waals surface area contributed by atoms with Gasteiger partial charge in [0.1, 0.15) is 4.99 Å². The van der Waals surface area contributed by atoms with Crippen molar-refractivity contribution in [1.82, 2.24) is 5.32 Å². The molecule has 2 nitrogen and oxygen atoms in total. The minimum atomic E-state index is -0.0145. The van der Waals surface area contributed by atoms with Gasteiger partial charge in [-0.15, -0.1) is 0 Å². The summed E-state index contributed by atoms with van der Waals surface area (Å²) in [7, 11) is 0. The van der Waals surface area contributed by atoms with E-state index in [-0.39, 0.29) is 12.1 Å². The number of thiocarbonyl (C=S) groups is 1. The first kappa shape index (κ1) is 22.8. The zero-order valence-corrected chi connectivity index (χ0v) is 20.0. The molecule has 4 rings (SSSR count). The van der Waals surface area contributed by atoms with Crippen molar-refractivity contribution in [2.24, 2.45) is 5.92 Å². The molecule has 0 saturated heterocycles. The molecule has 0 amide bonds. The van der Waals surface area contributed by atoms with Gasteiger partial charge >= 0.3 is 0 Å². The largest absolute Gasteiger partial charge is 0.367 e. The highest BCUT2D eigenvalue weighted by Crippen LogP contribution is 2.36. The highest BCUT2D eigenvalue weighted by molar-refractivity contribution is 7.80. The van der Waals surface area contributed by atoms with Gasteiger partial charge in [-0.2, -0.15) is 0 Å². The standard InChI is InChI=1S/C30H30N2S/c1-23(2)29(32(26-19-11-5-12-20-26)27-21-13-6-14-22-27)28(24-15-7-3-8-16-24)31-30(33)25-17-9-4-10-18-25/h3-23,28-29H,1-2H3,(H,31,33). The minimum absolute atomic E-state index is 0.0145. The van der Waals surface area contributed by atoms with Gasteiger partial charge in [0.25, 0.3) is 0 Å². The summed E-state index contributed by atoms with van der Waals surface area (Å²) in [4.78, 5) is 3.21. The van der Waals surface area contributed by atoms with E-state index in [0.717, 1.165) is 21.9 Å². The third-order valence-corrected chi connectivity index (χ3v) is 6.23. The number of para-hydroxylation sites is 2. The predicted molar refractivity (Wildman–Crippen MR) is 144 cm³/mol. The molecule has 166 valence electrons. The van der Waals surface area contributed by atoms with E-state index < -0.39 is 0 Å². The van der Waals surface area contributed by atoms with E-state index in [1.54, 1.807) is 0 Å². The minimum Gasteiger partial charge on any atom is -0.367 e. The molecule has 0 aliphatic heterocycles. The van der Waals surface area contributed by atoms with E-state index in [4.69, 9.17) is 12.2 Å². The second-order valence-corrected chi connectivity index (χ2v) is 8.91. The van der Waals surface area contributed by atoms with E-state index in [2.05, 4.69) is 127 Å². The van der Waals surface area contributed by atoms with Crippen LogP contribution in [-0.2, 0) is 0 Å². The Morgan fingerprint density at radius 3 is 1.52 bits per heavy atom. The van der Waals surface area contributed by atoms with Crippen molar-refractivity contribution in [3.05, 3.63) is 132 Å². The van der Waals surface area contributed by atoms with E-state index in [0.29, 0.717) is 5.92 Å². The summed E-state index contributed by atoms with van der Waals surface area (Å²) in [6, 6.07) is 42.2. The van der Waals surface area contributed by atoms with Gasteiger partial charge in [-0.1, -0.05) is 123 Å². The van der Waals surface area contributed by atoms with Crippen molar-refractivity contribution in [1.29, 1.82) is 0 Å². The van der Waals surface area contributed by atoms with Crippen molar-refractivity contribution < 1.29 is 0 Å². The molecule has 1 N–H and O–H groups in total. The fraction of sp³-hybridized carbons (Fsp3) is 0.167. The molecular weight excluding hydrogens is 420 g/mol. The van der Waals surface area contributed by atoms with Gasteiger partial charge in [0.05, 0.1) is 12.1 Å². The van der Waals surface area contributed by atoms with Crippen LogP contribution in [0.3, 0.4) is 0 Å². The Morgan fingerprint density at radius 2 is 1.06 bits per heavy atom. The number of rotatable bonds is 8. The third-order valence-electron chi connectivity index (χ3n) is 5.87. The lowest BCUT2D eigenvalue weighted by Crippen LogP contribution is -2.47. The maximum absolute atomic E-state index is 5.89. The number of hydrogen-bond donors (Lipinski definition) is 1. The van der Waals surface area contributed by atoms with Crippen LogP contribution in [0.5, 0.6) is 0 Å². The molecule has 2 atom stereocenters. The molecule has 0 aliphatic rings. The van der Waals surface area contributed by atoms with Gasteiger partial charge in [-0.3, -0.25) is 0 Å². The van der Waals surface area contributed by atoms with E-state index in [1.165, 1.54) is 5.56 Å². The van der Waals surface area contributed by atoms with Gasteiger partial charge in [-0.05, 0) is 35.7 Å². The van der Waals surface area contributed by atoms with E-state index in [1.807, 2.05) is 18.2 Å². The maximum Gasteiger partial charge on any atom is 0.107 e. The normalized spacial score (nSPS) is 12.7. The second kappa shape index (κ2) is 10.9. The van der Waals surface area contributed by atoms with Crippen LogP contribution in [0.2, 0.25) is 0 Å². The molecule has 0 aliphatic carbocycles. The van der Waals surface area contributed by atoms with E-state index in [9.17, 15) is 0 Å². The Kier molecular flexibility index (Phi) is 7.54. The first-order chi connectivity index (χ1) is 16.1. The van der Waals surface area contributed by atoms with Crippen LogP contribution >= 0.6 is 12.2 Å². The predicted octanol–water partition coefficient (Wildman–Crippen LogP) is 7.56. The Labute approximate surface area is 202 Å². The van der Waals surface area contributed by atoms with Gasteiger partial charge in [0, 0.05) is 16.9 Å². The van der Waals surface area contributed by atoms with Crippen LogP contribution < -0.4 is 10.2 Å². The van der Waals surface area contributed by atoms with Crippen molar-refractivity contribution in [2.45, 2.75) is 25.9 Å². The lowest BCUT2D eigenvalue weighted by molar-refractivity contribution is 0.395. The summed E-state index contributed by atoms with van der Waals surface area (Å²) < 4.78 is 0. The molecule has 3 heteroatoms. The molecule has 33 heavy (non-hydrogen) atoms. The number of nitrogens with zero attached hydrogens (tertiary/aromatic N) is 1. The van der Waals surface area contributed by atoms with Crippen LogP contribution in [-0.4, -0.2) is 11.0 Å². The monoisotopic (exact) mass is 450 g/mol. The summed E-state index contributed by atoms with van der Waals surface area (Å²) in [6.07, 6.45) is 0. The fourth-order valence-corrected chi connectivity index (χ4v) is 4.61. The molecule has 0 saturated carbocycles. The summed E-state index contributed by atoms with van der Waals surface area (Å²) in [6.45, 7) is 4.57. The highest BCUT2D eigenvalue weighted by atomic mass is 32.1. The molecule has 4 aromatic rings. The van der Waals surface area contributed by atoms with Crippen LogP contribution in [0.4, 0.5) is 11.4 Å². The van der Waals surface area contributed by atoms with Crippen molar-refractivity contribution in [3.8, 4) is 0 Å². The van der Waals surface area contributed by atoms with Gasteiger partial charge < -0.3 is 10.2 Å². The highest BCUT2D eigenvalue weighted by Gasteiger charge is 2.33. The van der Waals surface area contributed by atoms with Crippen LogP contribution in [0, 0.1) is 5.92 Å². The topological polar surface area (TPSA) is 15.3 Å². The molecule has 2 unspecified atom stereocenters. The first-order valence-electron chi connectivity index (χ1n) is 11.5. The van der Waals surface area contributed by atoms with Gasteiger partial charge in [0.2, 0.25) is 0 Å². The summed E-state index contributed by atoms with van der Waals surface area (Å²) >= 11 is 5.89. The Morgan fingerprint density at radius 1 is 0.636 bits per heavy atom. The van der Waals surface area contributed by atoms with Gasteiger partial charge in [0.15, 0.2) is 0 Å². The van der Waals surface area contributed by atoms with Gasteiger partial charge in [-0.25, -0.2) is 0 Å². The average molecular weight is 451 g/mol. The second-order valence-electron chi connectivity index (χ2n) is 8.50. The van der Waals surface area contributed by atoms with Crippen molar-refractivity contribution in [3.63, 3.8) is 0 Å². The quantitative estimate of drug-likeness (QED) is 0.279. The molecule has 0 radical (unpaired) electrons. The number of benzene rings is 4. The molecule has 0 fully saturated rings. The summed E-state index contributed by atoms with van der Waals surface area (Å²) in [5.41, 5.74) is 4.57. The van der Waals surface area contributed by atoms with Crippen molar-refractivity contribution in [2.75, 3.05) is 4.90 Å². The van der Waals surface area contributed by atoms with E-state index >= 15 is 0 Å². The molecular formula is C30H30N2S. The fourth-order valence-electron chi connectivity index (χ4n) is 4.34. The SMILES string of the molecule is CC(C)C(C(NC(=S)c1ccccc1)c1ccccc1)N(c1ccccc1)c1ccccc1. The molecule has 0 aromatic heterocycles. The third kappa shape index (κ3) is 5.50. The Bertz CT molecular complexity index is 1090. The Balaban J connectivity index is 1.82. The van der Waals surface area contributed by atoms with Crippen LogP contribution in [0.1, 0.15) is 31.0 Å². The van der Waals surface area contributed by atoms with Crippen molar-refractivity contribution >= 4 is 28.6 Å². The zero-order valence-electron chi connectivity index (χ0n) is 19.1. The van der Waals surface area contributed by atoms with Crippen LogP contribution in [0.15, 0.2) is 121 Å². The van der Waals surface area contributed by atoms with Crippen LogP contribution in [0.25, 0.3) is 0 Å². The number of nitrogens with one attached hydrogen (secondary N) is 1. The lowest BCUT2D eigenvalue weighted by atomic mass is 9.88. The lowest BCUT2D eigenvalue weighted by Gasteiger charge is -2.42. The molecule has 4 aromatic carbocycles. The molecule has 0 spiro atoms.